The van der Waals surface area contributed by atoms with E-state index < -0.39 is 10.0 Å². The third-order valence-corrected chi connectivity index (χ3v) is 5.29. The maximum Gasteiger partial charge on any atom is 0.251 e. The van der Waals surface area contributed by atoms with Crippen LogP contribution < -0.4 is 9.62 Å². The molecule has 24 heavy (non-hydrogen) atoms. The lowest BCUT2D eigenvalue weighted by molar-refractivity contribution is 0.0921. The van der Waals surface area contributed by atoms with Crippen LogP contribution in [0.4, 0.5) is 5.69 Å². The number of ether oxygens (including phenoxy) is 1. The van der Waals surface area contributed by atoms with Crippen LogP contribution in [0.2, 0.25) is 0 Å². The summed E-state index contributed by atoms with van der Waals surface area (Å²) in [7, 11) is 0.213. The molecular weight excluding hydrogens is 330 g/mol. The molecule has 1 aromatic rings. The Labute approximate surface area is 143 Å². The number of benzene rings is 1. The minimum Gasteiger partial charge on any atom is -0.380 e. The van der Waals surface area contributed by atoms with E-state index in [0.29, 0.717) is 24.4 Å². The average molecular weight is 355 g/mol. The third-order valence-electron chi connectivity index (χ3n) is 4.08. The number of amides is 1. The topological polar surface area (TPSA) is 79.0 Å². The number of nitrogens with one attached hydrogen (secondary N) is 1. The van der Waals surface area contributed by atoms with Gasteiger partial charge in [-0.25, -0.2) is 8.42 Å². The molecule has 134 valence electrons. The summed E-state index contributed by atoms with van der Waals surface area (Å²) in [4.78, 5) is 14.4. The first-order valence-corrected chi connectivity index (χ1v) is 9.70. The molecule has 1 fully saturated rings. The molecule has 0 spiro atoms. The van der Waals surface area contributed by atoms with Crippen LogP contribution in [-0.4, -0.2) is 72.4 Å². The van der Waals surface area contributed by atoms with E-state index >= 15 is 0 Å². The number of rotatable bonds is 5. The predicted octanol–water partition coefficient (Wildman–Crippen LogP) is 0.390. The van der Waals surface area contributed by atoms with Gasteiger partial charge in [0.05, 0.1) is 25.2 Å². The van der Waals surface area contributed by atoms with Crippen molar-refractivity contribution < 1.29 is 17.9 Å². The molecule has 1 unspecified atom stereocenters. The zero-order valence-electron chi connectivity index (χ0n) is 14.4. The maximum absolute atomic E-state index is 12.2. The summed E-state index contributed by atoms with van der Waals surface area (Å²) in [5, 5.41) is 2.92. The Hall–Kier alpha value is -1.64. The van der Waals surface area contributed by atoms with Gasteiger partial charge in [-0.3, -0.25) is 9.10 Å². The second-order valence-corrected chi connectivity index (χ2v) is 8.20. The summed E-state index contributed by atoms with van der Waals surface area (Å²) in [5.74, 6) is 0.0903. The van der Waals surface area contributed by atoms with E-state index in [0.717, 1.165) is 26.0 Å². The number of nitrogens with zero attached hydrogens (tertiary/aromatic N) is 2. The number of hydrogen-bond donors (Lipinski definition) is 1. The summed E-state index contributed by atoms with van der Waals surface area (Å²) in [6, 6.07) is 6.50. The van der Waals surface area contributed by atoms with Crippen molar-refractivity contribution in [3.8, 4) is 0 Å². The van der Waals surface area contributed by atoms with Crippen molar-refractivity contribution in [1.82, 2.24) is 10.2 Å². The van der Waals surface area contributed by atoms with E-state index in [1.165, 1.54) is 11.4 Å². The van der Waals surface area contributed by atoms with Crippen LogP contribution in [0, 0.1) is 5.92 Å². The first-order valence-electron chi connectivity index (χ1n) is 7.86. The molecule has 2 rings (SSSR count). The molecule has 8 heteroatoms. The van der Waals surface area contributed by atoms with E-state index in [4.69, 9.17) is 4.74 Å². The molecule has 1 heterocycles. The fraction of sp³-hybridized carbons (Fsp3) is 0.562. The van der Waals surface area contributed by atoms with Gasteiger partial charge in [0.25, 0.3) is 5.91 Å². The van der Waals surface area contributed by atoms with Crippen LogP contribution in [0.25, 0.3) is 0 Å². The fourth-order valence-electron chi connectivity index (χ4n) is 2.53. The molecule has 1 aliphatic heterocycles. The lowest BCUT2D eigenvalue weighted by atomic mass is 10.1. The van der Waals surface area contributed by atoms with Crippen molar-refractivity contribution >= 4 is 21.6 Å². The van der Waals surface area contributed by atoms with Crippen LogP contribution in [0.15, 0.2) is 24.3 Å². The first-order chi connectivity index (χ1) is 11.3. The Morgan fingerprint density at radius 3 is 2.67 bits per heavy atom. The first kappa shape index (κ1) is 18.7. The molecule has 0 bridgehead atoms. The summed E-state index contributed by atoms with van der Waals surface area (Å²) in [6.07, 6.45) is 1.14. The van der Waals surface area contributed by atoms with Crippen LogP contribution in [0.1, 0.15) is 10.4 Å². The zero-order valence-corrected chi connectivity index (χ0v) is 15.2. The average Bonchev–Trinajstić information content (AvgIpc) is 2.75. The van der Waals surface area contributed by atoms with Crippen LogP contribution in [0.3, 0.4) is 0 Å². The van der Waals surface area contributed by atoms with Gasteiger partial charge in [-0.05, 0) is 31.3 Å². The number of carbonyl (C=O) groups is 1. The van der Waals surface area contributed by atoms with E-state index in [1.54, 1.807) is 24.3 Å². The van der Waals surface area contributed by atoms with Crippen molar-refractivity contribution in [2.45, 2.75) is 0 Å². The lowest BCUT2D eigenvalue weighted by Gasteiger charge is -2.19. The Kier molecular flexibility index (Phi) is 6.20. The molecule has 1 N–H and O–H groups in total. The summed E-state index contributed by atoms with van der Waals surface area (Å²) in [5.41, 5.74) is 1.02. The maximum atomic E-state index is 12.2. The second-order valence-electron chi connectivity index (χ2n) is 6.19. The van der Waals surface area contributed by atoms with E-state index in [2.05, 4.69) is 10.2 Å². The molecule has 7 nitrogen and oxygen atoms in total. The summed E-state index contributed by atoms with van der Waals surface area (Å²) in [6.45, 7) is 3.70. The van der Waals surface area contributed by atoms with Crippen molar-refractivity contribution in [3.63, 3.8) is 0 Å². The van der Waals surface area contributed by atoms with Crippen molar-refractivity contribution in [2.24, 2.45) is 5.92 Å². The monoisotopic (exact) mass is 355 g/mol. The smallest absolute Gasteiger partial charge is 0.251 e. The molecule has 1 saturated heterocycles. The molecule has 0 radical (unpaired) electrons. The zero-order chi connectivity index (χ0) is 17.7. The molecule has 1 aliphatic rings. The van der Waals surface area contributed by atoms with Gasteiger partial charge in [0.15, 0.2) is 0 Å². The molecule has 0 aromatic heterocycles. The van der Waals surface area contributed by atoms with E-state index in [9.17, 15) is 13.2 Å². The number of hydrogen-bond acceptors (Lipinski definition) is 5. The normalized spacial score (nSPS) is 19.5. The minimum absolute atomic E-state index is 0.171. The van der Waals surface area contributed by atoms with Crippen molar-refractivity contribution in [1.29, 1.82) is 0 Å². The number of carbonyl (C=O) groups excluding carboxylic acids is 1. The van der Waals surface area contributed by atoms with Gasteiger partial charge >= 0.3 is 0 Å². The largest absolute Gasteiger partial charge is 0.380 e. The molecule has 1 aromatic carbocycles. The Bertz CT molecular complexity index is 660. The molecule has 0 aliphatic carbocycles. The number of anilines is 1. The number of sulfonamides is 1. The van der Waals surface area contributed by atoms with Gasteiger partial charge in [0.2, 0.25) is 10.0 Å². The van der Waals surface area contributed by atoms with Gasteiger partial charge in [0.1, 0.15) is 0 Å². The van der Waals surface area contributed by atoms with Gasteiger partial charge in [-0.2, -0.15) is 0 Å². The second kappa shape index (κ2) is 7.96. The van der Waals surface area contributed by atoms with Crippen molar-refractivity contribution in [3.05, 3.63) is 29.8 Å². The third kappa shape index (κ3) is 5.19. The molecule has 1 amide bonds. The Morgan fingerprint density at radius 1 is 1.38 bits per heavy atom. The van der Waals surface area contributed by atoms with Gasteiger partial charge in [0, 0.05) is 38.2 Å². The quantitative estimate of drug-likeness (QED) is 0.827. The lowest BCUT2D eigenvalue weighted by Crippen LogP contribution is -2.35. The molecule has 1 atom stereocenters. The van der Waals surface area contributed by atoms with Gasteiger partial charge < -0.3 is 15.0 Å². The van der Waals surface area contributed by atoms with Gasteiger partial charge in [-0.1, -0.05) is 0 Å². The van der Waals surface area contributed by atoms with Crippen LogP contribution >= 0.6 is 0 Å². The highest BCUT2D eigenvalue weighted by Crippen LogP contribution is 2.16. The molecule has 0 saturated carbocycles. The van der Waals surface area contributed by atoms with Crippen LogP contribution in [0.5, 0.6) is 0 Å². The highest BCUT2D eigenvalue weighted by atomic mass is 32.2. The van der Waals surface area contributed by atoms with E-state index in [1.807, 2.05) is 7.05 Å². The fourth-order valence-corrected chi connectivity index (χ4v) is 3.04. The Morgan fingerprint density at radius 2 is 2.04 bits per heavy atom. The summed E-state index contributed by atoms with van der Waals surface area (Å²) >= 11 is 0. The summed E-state index contributed by atoms with van der Waals surface area (Å²) < 4.78 is 29.7. The van der Waals surface area contributed by atoms with Crippen molar-refractivity contribution in [2.75, 3.05) is 57.5 Å². The minimum atomic E-state index is -3.31. The number of likely N-dealkylation sites (N-methyl/N-ethyl adjacent to an activating group) is 1. The highest BCUT2D eigenvalue weighted by Gasteiger charge is 2.18. The van der Waals surface area contributed by atoms with E-state index in [-0.39, 0.29) is 11.8 Å². The Balaban J connectivity index is 1.93. The SMILES string of the molecule is CN1CCOCC(CNC(=O)c2ccc(N(C)S(C)(=O)=O)cc2)C1. The molecular formula is C16H25N3O4S. The van der Waals surface area contributed by atoms with Gasteiger partial charge in [-0.15, -0.1) is 0 Å². The standard InChI is InChI=1S/C16H25N3O4S/c1-18-8-9-23-12-13(11-18)10-17-16(20)14-4-6-15(7-5-14)19(2)24(3,21)22/h4-7,13H,8-12H2,1-3H3,(H,17,20). The highest BCUT2D eigenvalue weighted by molar-refractivity contribution is 7.92. The predicted molar refractivity (Wildman–Crippen MR) is 93.8 cm³/mol. The van der Waals surface area contributed by atoms with Crippen LogP contribution in [-0.2, 0) is 14.8 Å².